The van der Waals surface area contributed by atoms with Gasteiger partial charge in [-0.2, -0.15) is 0 Å². The first-order valence-electron chi connectivity index (χ1n) is 17.0. The van der Waals surface area contributed by atoms with Gasteiger partial charge in [0.1, 0.15) is 5.82 Å². The van der Waals surface area contributed by atoms with E-state index in [1.165, 1.54) is 66.1 Å². The third-order valence-corrected chi connectivity index (χ3v) is 9.79. The molecule has 0 bridgehead atoms. The molecule has 0 fully saturated rings. The van der Waals surface area contributed by atoms with Crippen LogP contribution in [-0.4, -0.2) is 9.55 Å². The molecular formula is C47H34N2. The summed E-state index contributed by atoms with van der Waals surface area (Å²) in [5, 5.41) is 5.06. The second kappa shape index (κ2) is 12.1. The minimum absolute atomic E-state index is 0.878. The number of rotatable bonds is 6. The number of fused-ring (bicyclic) bond motifs is 3. The first-order valence-corrected chi connectivity index (χ1v) is 17.0. The van der Waals surface area contributed by atoms with E-state index >= 15 is 0 Å². The van der Waals surface area contributed by atoms with Crippen molar-refractivity contribution in [1.82, 2.24) is 9.55 Å². The Hall–Kier alpha value is -6.25. The summed E-state index contributed by atoms with van der Waals surface area (Å²) in [6, 6.07) is 63.7. The Bertz CT molecular complexity index is 2540. The van der Waals surface area contributed by atoms with Crippen LogP contribution in [0, 0.1) is 0 Å². The summed E-state index contributed by atoms with van der Waals surface area (Å²) >= 11 is 0. The van der Waals surface area contributed by atoms with Crippen molar-refractivity contribution in [2.45, 2.75) is 13.3 Å². The standard InChI is InChI=1S/C47H34N2/c1-2-45-48-43-18-10-11-19-44(43)49(45)38-30-28-35(29-31-38)34-22-26-37(27-23-34)47-41-16-8-6-14-39(41)46(40-15-7-9-17-42(40)47)36-24-20-33(21-25-36)32-12-4-3-5-13-32/h3-31H,2H2,1H3. The van der Waals surface area contributed by atoms with E-state index in [1.54, 1.807) is 0 Å². The third kappa shape index (κ3) is 5.01. The molecule has 0 spiro atoms. The van der Waals surface area contributed by atoms with Crippen LogP contribution >= 0.6 is 0 Å². The summed E-state index contributed by atoms with van der Waals surface area (Å²) in [6.07, 6.45) is 0.878. The maximum Gasteiger partial charge on any atom is 0.114 e. The maximum atomic E-state index is 4.87. The number of para-hydroxylation sites is 2. The molecule has 2 heteroatoms. The van der Waals surface area contributed by atoms with Gasteiger partial charge in [0.15, 0.2) is 0 Å². The zero-order valence-electron chi connectivity index (χ0n) is 27.3. The highest BCUT2D eigenvalue weighted by molar-refractivity contribution is 6.21. The minimum atomic E-state index is 0.878. The Labute approximate surface area is 286 Å². The lowest BCUT2D eigenvalue weighted by molar-refractivity contribution is 0.908. The van der Waals surface area contributed by atoms with E-state index in [1.807, 2.05) is 0 Å². The van der Waals surface area contributed by atoms with E-state index < -0.39 is 0 Å². The molecule has 8 aromatic carbocycles. The van der Waals surface area contributed by atoms with Crippen LogP contribution in [0.5, 0.6) is 0 Å². The lowest BCUT2D eigenvalue weighted by Gasteiger charge is -2.18. The fourth-order valence-corrected chi connectivity index (χ4v) is 7.44. The molecule has 0 radical (unpaired) electrons. The van der Waals surface area contributed by atoms with Gasteiger partial charge in [0.05, 0.1) is 11.0 Å². The van der Waals surface area contributed by atoms with Crippen molar-refractivity contribution >= 4 is 32.6 Å². The van der Waals surface area contributed by atoms with Gasteiger partial charge in [-0.3, -0.25) is 4.57 Å². The van der Waals surface area contributed by atoms with Crippen molar-refractivity contribution in [2.75, 3.05) is 0 Å². The molecule has 0 unspecified atom stereocenters. The van der Waals surface area contributed by atoms with Gasteiger partial charge in [0.2, 0.25) is 0 Å². The smallest absolute Gasteiger partial charge is 0.114 e. The normalized spacial score (nSPS) is 11.4. The summed E-state index contributed by atoms with van der Waals surface area (Å²) in [7, 11) is 0. The Morgan fingerprint density at radius 3 is 1.27 bits per heavy atom. The van der Waals surface area contributed by atoms with Crippen LogP contribution in [0.25, 0.3) is 82.8 Å². The number of aromatic nitrogens is 2. The van der Waals surface area contributed by atoms with Crippen LogP contribution < -0.4 is 0 Å². The van der Waals surface area contributed by atoms with Crippen molar-refractivity contribution in [3.63, 3.8) is 0 Å². The summed E-state index contributed by atoms with van der Waals surface area (Å²) in [5.41, 5.74) is 13.2. The summed E-state index contributed by atoms with van der Waals surface area (Å²) in [4.78, 5) is 4.87. The average Bonchev–Trinajstić information content (AvgIpc) is 3.56. The van der Waals surface area contributed by atoms with E-state index in [0.29, 0.717) is 0 Å². The van der Waals surface area contributed by atoms with Crippen LogP contribution in [0.1, 0.15) is 12.7 Å². The molecule has 0 aliphatic heterocycles. The van der Waals surface area contributed by atoms with Crippen LogP contribution in [-0.2, 0) is 6.42 Å². The lowest BCUT2D eigenvalue weighted by atomic mass is 9.85. The minimum Gasteiger partial charge on any atom is -0.296 e. The van der Waals surface area contributed by atoms with Gasteiger partial charge < -0.3 is 0 Å². The molecule has 232 valence electrons. The summed E-state index contributed by atoms with van der Waals surface area (Å²) in [5.74, 6) is 1.08. The lowest BCUT2D eigenvalue weighted by Crippen LogP contribution is -1.99. The molecule has 0 atom stereocenters. The molecule has 2 nitrogen and oxygen atoms in total. The number of hydrogen-bond acceptors (Lipinski definition) is 1. The topological polar surface area (TPSA) is 17.8 Å². The predicted octanol–water partition coefficient (Wildman–Crippen LogP) is 12.6. The van der Waals surface area contributed by atoms with E-state index in [-0.39, 0.29) is 0 Å². The maximum absolute atomic E-state index is 4.87. The fraction of sp³-hybridized carbons (Fsp3) is 0.0426. The van der Waals surface area contributed by atoms with Crippen molar-refractivity contribution in [2.24, 2.45) is 0 Å². The van der Waals surface area contributed by atoms with Gasteiger partial charge in [-0.1, -0.05) is 159 Å². The predicted molar refractivity (Wildman–Crippen MR) is 207 cm³/mol. The van der Waals surface area contributed by atoms with Gasteiger partial charge in [0.25, 0.3) is 0 Å². The van der Waals surface area contributed by atoms with E-state index in [9.17, 15) is 0 Å². The third-order valence-electron chi connectivity index (χ3n) is 9.79. The molecule has 0 N–H and O–H groups in total. The Kier molecular flexibility index (Phi) is 7.13. The summed E-state index contributed by atoms with van der Waals surface area (Å²) in [6.45, 7) is 2.16. The molecule has 0 aliphatic rings. The second-order valence-electron chi connectivity index (χ2n) is 12.6. The quantitative estimate of drug-likeness (QED) is 0.168. The zero-order chi connectivity index (χ0) is 32.7. The van der Waals surface area contributed by atoms with Crippen molar-refractivity contribution in [3.8, 4) is 50.2 Å². The monoisotopic (exact) mass is 626 g/mol. The SMILES string of the molecule is CCc1nc2ccccc2n1-c1ccc(-c2ccc(-c3c4ccccc4c(-c4ccc(-c5ccccc5)cc4)c4ccccc34)cc2)cc1. The second-order valence-corrected chi connectivity index (χ2v) is 12.6. The van der Waals surface area contributed by atoms with E-state index in [4.69, 9.17) is 4.98 Å². The molecular weight excluding hydrogens is 593 g/mol. The fourth-order valence-electron chi connectivity index (χ4n) is 7.44. The molecule has 0 amide bonds. The molecule has 1 aromatic heterocycles. The Morgan fingerprint density at radius 2 is 0.776 bits per heavy atom. The van der Waals surface area contributed by atoms with Crippen LogP contribution in [0.3, 0.4) is 0 Å². The Morgan fingerprint density at radius 1 is 0.388 bits per heavy atom. The zero-order valence-corrected chi connectivity index (χ0v) is 27.3. The summed E-state index contributed by atoms with van der Waals surface area (Å²) < 4.78 is 2.28. The van der Waals surface area contributed by atoms with E-state index in [2.05, 4.69) is 187 Å². The highest BCUT2D eigenvalue weighted by Gasteiger charge is 2.17. The van der Waals surface area contributed by atoms with Crippen LogP contribution in [0.15, 0.2) is 176 Å². The number of hydrogen-bond donors (Lipinski definition) is 0. The van der Waals surface area contributed by atoms with Crippen LogP contribution in [0.4, 0.5) is 0 Å². The molecule has 0 saturated carbocycles. The van der Waals surface area contributed by atoms with Crippen LogP contribution in [0.2, 0.25) is 0 Å². The molecule has 49 heavy (non-hydrogen) atoms. The van der Waals surface area contributed by atoms with Gasteiger partial charge in [-0.15, -0.1) is 0 Å². The van der Waals surface area contributed by atoms with Gasteiger partial charge in [-0.25, -0.2) is 4.98 Å². The molecule has 9 aromatic rings. The van der Waals surface area contributed by atoms with Crippen molar-refractivity contribution < 1.29 is 0 Å². The highest BCUT2D eigenvalue weighted by Crippen LogP contribution is 2.44. The largest absolute Gasteiger partial charge is 0.296 e. The molecule has 9 rings (SSSR count). The van der Waals surface area contributed by atoms with Gasteiger partial charge in [-0.05, 0) is 90.3 Å². The first kappa shape index (κ1) is 28.9. The van der Waals surface area contributed by atoms with Crippen molar-refractivity contribution in [1.29, 1.82) is 0 Å². The molecule has 0 saturated heterocycles. The van der Waals surface area contributed by atoms with Gasteiger partial charge in [0, 0.05) is 12.1 Å². The Balaban J connectivity index is 1.11. The molecule has 1 heterocycles. The number of benzene rings is 8. The first-order chi connectivity index (χ1) is 24.3. The van der Waals surface area contributed by atoms with Gasteiger partial charge >= 0.3 is 0 Å². The number of nitrogens with zero attached hydrogens (tertiary/aromatic N) is 2. The van der Waals surface area contributed by atoms with Crippen molar-refractivity contribution in [3.05, 3.63) is 182 Å². The average molecular weight is 627 g/mol. The number of aryl methyl sites for hydroxylation is 1. The molecule has 0 aliphatic carbocycles. The highest BCUT2D eigenvalue weighted by atomic mass is 15.1. The van der Waals surface area contributed by atoms with E-state index in [0.717, 1.165) is 29.0 Å². The number of imidazole rings is 1.